The molecule has 0 saturated carbocycles. The normalized spacial score (nSPS) is 12.8. The molecule has 4 nitrogen and oxygen atoms in total. The van der Waals surface area contributed by atoms with Crippen molar-refractivity contribution < 1.29 is 5.11 Å². The molecule has 1 rings (SSSR count). The largest absolute Gasteiger partial charge is 0.395 e. The highest BCUT2D eigenvalue weighted by molar-refractivity contribution is 5.45. The maximum atomic E-state index is 9.06. The van der Waals surface area contributed by atoms with Crippen LogP contribution in [0.3, 0.4) is 0 Å². The first kappa shape index (κ1) is 13.9. The molecular formula is C13H23N3O. The summed E-state index contributed by atoms with van der Waals surface area (Å²) in [5, 5.41) is 12.2. The predicted molar refractivity (Wildman–Crippen MR) is 71.3 cm³/mol. The van der Waals surface area contributed by atoms with E-state index in [4.69, 9.17) is 5.11 Å². The second-order valence-corrected chi connectivity index (χ2v) is 4.46. The maximum absolute atomic E-state index is 9.06. The SMILES string of the molecule is CNC(C)c1ccc(N(CCO)C(C)C)cn1. The van der Waals surface area contributed by atoms with E-state index >= 15 is 0 Å². The van der Waals surface area contributed by atoms with Gasteiger partial charge in [-0.2, -0.15) is 0 Å². The molecule has 1 heterocycles. The van der Waals surface area contributed by atoms with Crippen molar-refractivity contribution in [2.45, 2.75) is 32.9 Å². The number of hydrogen-bond acceptors (Lipinski definition) is 4. The molecule has 1 atom stereocenters. The molecule has 1 aromatic heterocycles. The maximum Gasteiger partial charge on any atom is 0.0606 e. The first-order valence-corrected chi connectivity index (χ1v) is 6.10. The standard InChI is InChI=1S/C13H23N3O/c1-10(2)16(7-8-17)12-5-6-13(15-9-12)11(3)14-4/h5-6,9-11,14,17H,7-8H2,1-4H3. The van der Waals surface area contributed by atoms with E-state index in [9.17, 15) is 0 Å². The molecule has 0 radical (unpaired) electrons. The van der Waals surface area contributed by atoms with E-state index in [1.165, 1.54) is 0 Å². The van der Waals surface area contributed by atoms with E-state index in [0.717, 1.165) is 11.4 Å². The van der Waals surface area contributed by atoms with Gasteiger partial charge in [-0.15, -0.1) is 0 Å². The van der Waals surface area contributed by atoms with Crippen LogP contribution in [0.5, 0.6) is 0 Å². The van der Waals surface area contributed by atoms with Gasteiger partial charge in [0, 0.05) is 18.6 Å². The van der Waals surface area contributed by atoms with Gasteiger partial charge in [0.25, 0.3) is 0 Å². The van der Waals surface area contributed by atoms with Crippen LogP contribution in [0.15, 0.2) is 18.3 Å². The monoisotopic (exact) mass is 237 g/mol. The second-order valence-electron chi connectivity index (χ2n) is 4.46. The Balaban J connectivity index is 2.84. The average molecular weight is 237 g/mol. The first-order chi connectivity index (χ1) is 8.10. The van der Waals surface area contributed by atoms with Gasteiger partial charge in [-0.05, 0) is 40.0 Å². The molecule has 96 valence electrons. The Labute approximate surface area is 104 Å². The topological polar surface area (TPSA) is 48.4 Å². The van der Waals surface area contributed by atoms with Crippen molar-refractivity contribution in [3.8, 4) is 0 Å². The number of hydrogen-bond donors (Lipinski definition) is 2. The van der Waals surface area contributed by atoms with Crippen molar-refractivity contribution in [2.24, 2.45) is 0 Å². The van der Waals surface area contributed by atoms with Crippen molar-refractivity contribution in [2.75, 3.05) is 25.1 Å². The minimum Gasteiger partial charge on any atom is -0.395 e. The lowest BCUT2D eigenvalue weighted by Gasteiger charge is -2.28. The Hall–Kier alpha value is -1.13. The molecule has 2 N–H and O–H groups in total. The Morgan fingerprint density at radius 1 is 1.35 bits per heavy atom. The minimum atomic E-state index is 0.160. The van der Waals surface area contributed by atoms with Crippen LogP contribution in [-0.4, -0.2) is 36.3 Å². The van der Waals surface area contributed by atoms with Crippen LogP contribution >= 0.6 is 0 Å². The second kappa shape index (κ2) is 6.57. The number of aromatic nitrogens is 1. The zero-order chi connectivity index (χ0) is 12.8. The van der Waals surface area contributed by atoms with Gasteiger partial charge in [0.05, 0.1) is 24.2 Å². The molecule has 4 heteroatoms. The van der Waals surface area contributed by atoms with Crippen LogP contribution in [-0.2, 0) is 0 Å². The van der Waals surface area contributed by atoms with Crippen molar-refractivity contribution >= 4 is 5.69 Å². The van der Waals surface area contributed by atoms with E-state index in [1.54, 1.807) is 0 Å². The van der Waals surface area contributed by atoms with Gasteiger partial charge in [0.15, 0.2) is 0 Å². The molecule has 0 amide bonds. The zero-order valence-electron chi connectivity index (χ0n) is 11.1. The van der Waals surface area contributed by atoms with Crippen LogP contribution in [0.2, 0.25) is 0 Å². The molecule has 1 unspecified atom stereocenters. The van der Waals surface area contributed by atoms with Crippen LogP contribution < -0.4 is 10.2 Å². The average Bonchev–Trinajstić information content (AvgIpc) is 2.35. The van der Waals surface area contributed by atoms with Gasteiger partial charge in [-0.1, -0.05) is 0 Å². The summed E-state index contributed by atoms with van der Waals surface area (Å²) < 4.78 is 0. The number of aliphatic hydroxyl groups excluding tert-OH is 1. The summed E-state index contributed by atoms with van der Waals surface area (Å²) in [6, 6.07) is 4.71. The van der Waals surface area contributed by atoms with Gasteiger partial charge < -0.3 is 15.3 Å². The molecule has 0 spiro atoms. The number of nitrogens with one attached hydrogen (secondary N) is 1. The predicted octanol–water partition coefficient (Wildman–Crippen LogP) is 1.57. The van der Waals surface area contributed by atoms with Crippen molar-refractivity contribution in [1.29, 1.82) is 0 Å². The lowest BCUT2D eigenvalue weighted by atomic mass is 10.2. The van der Waals surface area contributed by atoms with Crippen LogP contribution in [0.1, 0.15) is 32.5 Å². The fourth-order valence-electron chi connectivity index (χ4n) is 1.76. The van der Waals surface area contributed by atoms with Gasteiger partial charge in [0.1, 0.15) is 0 Å². The van der Waals surface area contributed by atoms with Crippen LogP contribution in [0.25, 0.3) is 0 Å². The van der Waals surface area contributed by atoms with E-state index in [2.05, 4.69) is 42.0 Å². The van der Waals surface area contributed by atoms with Crippen molar-refractivity contribution in [3.05, 3.63) is 24.0 Å². The summed E-state index contributed by atoms with van der Waals surface area (Å²) in [5.41, 5.74) is 2.09. The highest BCUT2D eigenvalue weighted by Gasteiger charge is 2.11. The molecule has 0 aliphatic rings. The molecular weight excluding hydrogens is 214 g/mol. The summed E-state index contributed by atoms with van der Waals surface area (Å²) in [4.78, 5) is 6.59. The molecule has 0 aliphatic carbocycles. The number of aliphatic hydroxyl groups is 1. The Morgan fingerprint density at radius 3 is 2.47 bits per heavy atom. The Bertz CT molecular complexity index is 324. The molecule has 0 saturated heterocycles. The number of nitrogens with zero attached hydrogens (tertiary/aromatic N) is 2. The quantitative estimate of drug-likeness (QED) is 0.788. The molecule has 0 fully saturated rings. The van der Waals surface area contributed by atoms with Crippen molar-refractivity contribution in [1.82, 2.24) is 10.3 Å². The third kappa shape index (κ3) is 3.68. The fraction of sp³-hybridized carbons (Fsp3) is 0.615. The lowest BCUT2D eigenvalue weighted by molar-refractivity contribution is 0.299. The first-order valence-electron chi connectivity index (χ1n) is 6.10. The highest BCUT2D eigenvalue weighted by atomic mass is 16.3. The van der Waals surface area contributed by atoms with Gasteiger partial charge in [-0.3, -0.25) is 4.98 Å². The summed E-state index contributed by atoms with van der Waals surface area (Å²) >= 11 is 0. The van der Waals surface area contributed by atoms with Crippen LogP contribution in [0, 0.1) is 0 Å². The van der Waals surface area contributed by atoms with Gasteiger partial charge in [0.2, 0.25) is 0 Å². The van der Waals surface area contributed by atoms with Crippen molar-refractivity contribution in [3.63, 3.8) is 0 Å². The summed E-state index contributed by atoms with van der Waals surface area (Å²) in [6.45, 7) is 7.10. The smallest absolute Gasteiger partial charge is 0.0606 e. The molecule has 0 bridgehead atoms. The summed E-state index contributed by atoms with van der Waals surface area (Å²) in [7, 11) is 1.92. The Morgan fingerprint density at radius 2 is 2.06 bits per heavy atom. The number of anilines is 1. The summed E-state index contributed by atoms with van der Waals surface area (Å²) in [5.74, 6) is 0. The van der Waals surface area contributed by atoms with Crippen LogP contribution in [0.4, 0.5) is 5.69 Å². The highest BCUT2D eigenvalue weighted by Crippen LogP contribution is 2.18. The minimum absolute atomic E-state index is 0.160. The van der Waals surface area contributed by atoms with Gasteiger partial charge >= 0.3 is 0 Å². The molecule has 1 aromatic rings. The zero-order valence-corrected chi connectivity index (χ0v) is 11.1. The van der Waals surface area contributed by atoms with E-state index in [1.807, 2.05) is 19.3 Å². The van der Waals surface area contributed by atoms with E-state index in [-0.39, 0.29) is 12.6 Å². The van der Waals surface area contributed by atoms with E-state index in [0.29, 0.717) is 12.6 Å². The number of pyridine rings is 1. The molecule has 17 heavy (non-hydrogen) atoms. The third-order valence-electron chi connectivity index (χ3n) is 2.94. The Kier molecular flexibility index (Phi) is 5.38. The van der Waals surface area contributed by atoms with E-state index < -0.39 is 0 Å². The summed E-state index contributed by atoms with van der Waals surface area (Å²) in [6.07, 6.45) is 1.87. The number of rotatable bonds is 6. The third-order valence-corrected chi connectivity index (χ3v) is 2.94. The van der Waals surface area contributed by atoms with Gasteiger partial charge in [-0.25, -0.2) is 0 Å². The lowest BCUT2D eigenvalue weighted by Crippen LogP contribution is -2.33. The fourth-order valence-corrected chi connectivity index (χ4v) is 1.76. The molecule has 0 aliphatic heterocycles. The molecule has 0 aromatic carbocycles.